The molecular formula is C11H13ClN6O. The Hall–Kier alpha value is -1.73. The highest BCUT2D eigenvalue weighted by molar-refractivity contribution is 6.33. The maximum Gasteiger partial charge on any atom is 0.244 e. The molecule has 1 aliphatic rings. The molecule has 2 aromatic heterocycles. The van der Waals surface area contributed by atoms with Crippen LogP contribution in [0, 0.1) is 5.92 Å². The van der Waals surface area contributed by atoms with Gasteiger partial charge >= 0.3 is 0 Å². The van der Waals surface area contributed by atoms with Crippen LogP contribution in [0.15, 0.2) is 6.33 Å². The van der Waals surface area contributed by atoms with E-state index in [4.69, 9.17) is 11.6 Å². The Morgan fingerprint density at radius 1 is 1.53 bits per heavy atom. The zero-order valence-electron chi connectivity index (χ0n) is 10.3. The molecule has 0 saturated carbocycles. The number of aromatic amines is 1. The highest BCUT2D eigenvalue weighted by Gasteiger charge is 2.29. The van der Waals surface area contributed by atoms with Crippen LogP contribution in [0.1, 0.15) is 13.3 Å². The van der Waals surface area contributed by atoms with Crippen LogP contribution in [0.25, 0.3) is 11.2 Å². The van der Waals surface area contributed by atoms with Crippen molar-refractivity contribution in [2.24, 2.45) is 5.92 Å². The molecule has 1 amide bonds. The van der Waals surface area contributed by atoms with Crippen molar-refractivity contribution in [1.82, 2.24) is 25.3 Å². The summed E-state index contributed by atoms with van der Waals surface area (Å²) in [4.78, 5) is 27.1. The molecule has 100 valence electrons. The molecule has 1 fully saturated rings. The van der Waals surface area contributed by atoms with E-state index in [1.165, 1.54) is 6.33 Å². The van der Waals surface area contributed by atoms with Crippen LogP contribution < -0.4 is 10.6 Å². The molecule has 0 aliphatic carbocycles. The third-order valence-corrected chi connectivity index (χ3v) is 3.57. The topological polar surface area (TPSA) is 95.6 Å². The van der Waals surface area contributed by atoms with E-state index in [0.29, 0.717) is 17.1 Å². The van der Waals surface area contributed by atoms with E-state index in [9.17, 15) is 4.79 Å². The summed E-state index contributed by atoms with van der Waals surface area (Å²) in [7, 11) is 0. The van der Waals surface area contributed by atoms with Crippen molar-refractivity contribution in [3.05, 3.63) is 11.5 Å². The lowest BCUT2D eigenvalue weighted by Gasteiger charge is -2.14. The number of imidazole rings is 1. The number of hydrogen-bond donors (Lipinski definition) is 3. The molecular weight excluding hydrogens is 268 g/mol. The van der Waals surface area contributed by atoms with Crippen molar-refractivity contribution in [1.29, 1.82) is 0 Å². The molecule has 7 nitrogen and oxygen atoms in total. The molecule has 0 radical (unpaired) electrons. The number of rotatable bonds is 2. The first-order valence-electron chi connectivity index (χ1n) is 6.06. The van der Waals surface area contributed by atoms with Crippen molar-refractivity contribution in [2.75, 3.05) is 11.9 Å². The molecule has 2 aromatic rings. The first-order chi connectivity index (χ1) is 9.15. The van der Waals surface area contributed by atoms with E-state index >= 15 is 0 Å². The number of carbonyl (C=O) groups is 1. The molecule has 1 saturated heterocycles. The van der Waals surface area contributed by atoms with E-state index < -0.39 is 0 Å². The van der Waals surface area contributed by atoms with Crippen LogP contribution >= 0.6 is 11.6 Å². The highest BCUT2D eigenvalue weighted by Crippen LogP contribution is 2.19. The fourth-order valence-corrected chi connectivity index (χ4v) is 2.45. The van der Waals surface area contributed by atoms with Crippen LogP contribution in [0.4, 0.5) is 5.95 Å². The average Bonchev–Trinajstić information content (AvgIpc) is 2.97. The molecule has 19 heavy (non-hydrogen) atoms. The summed E-state index contributed by atoms with van der Waals surface area (Å²) in [6.45, 7) is 2.88. The maximum absolute atomic E-state index is 12.1. The SMILES string of the molecule is CC1CCNC1C(=O)Nc1nc(Cl)c2[nH]cnc2n1. The van der Waals surface area contributed by atoms with Gasteiger partial charge in [-0.1, -0.05) is 18.5 Å². The van der Waals surface area contributed by atoms with Gasteiger partial charge in [0.25, 0.3) is 0 Å². The number of amides is 1. The number of fused-ring (bicyclic) bond motifs is 1. The highest BCUT2D eigenvalue weighted by atomic mass is 35.5. The Balaban J connectivity index is 1.83. The predicted octanol–water partition coefficient (Wildman–Crippen LogP) is 0.943. The van der Waals surface area contributed by atoms with Gasteiger partial charge in [-0.05, 0) is 18.9 Å². The van der Waals surface area contributed by atoms with E-state index in [0.717, 1.165) is 13.0 Å². The number of carbonyl (C=O) groups excluding carboxylic acids is 1. The summed E-state index contributed by atoms with van der Waals surface area (Å²) in [5, 5.41) is 6.07. The van der Waals surface area contributed by atoms with Gasteiger partial charge < -0.3 is 10.3 Å². The van der Waals surface area contributed by atoms with E-state index in [1.807, 2.05) is 6.92 Å². The summed E-state index contributed by atoms with van der Waals surface area (Å²) in [6.07, 6.45) is 2.47. The summed E-state index contributed by atoms with van der Waals surface area (Å²) in [5.41, 5.74) is 0.995. The van der Waals surface area contributed by atoms with Gasteiger partial charge in [-0.2, -0.15) is 9.97 Å². The molecule has 2 atom stereocenters. The average molecular weight is 281 g/mol. The summed E-state index contributed by atoms with van der Waals surface area (Å²) in [5.74, 6) is 0.330. The zero-order chi connectivity index (χ0) is 13.4. The Labute approximate surface area is 114 Å². The van der Waals surface area contributed by atoms with Crippen molar-refractivity contribution in [3.63, 3.8) is 0 Å². The van der Waals surface area contributed by atoms with Crippen LogP contribution in [0.5, 0.6) is 0 Å². The predicted molar refractivity (Wildman–Crippen MR) is 70.9 cm³/mol. The molecule has 2 unspecified atom stereocenters. The number of nitrogens with zero attached hydrogens (tertiary/aromatic N) is 3. The number of nitrogens with one attached hydrogen (secondary N) is 3. The third-order valence-electron chi connectivity index (χ3n) is 3.29. The van der Waals surface area contributed by atoms with Gasteiger partial charge in [0.1, 0.15) is 5.52 Å². The van der Waals surface area contributed by atoms with Gasteiger partial charge in [0.2, 0.25) is 11.9 Å². The fraction of sp³-hybridized carbons (Fsp3) is 0.455. The quantitative estimate of drug-likeness (QED) is 0.712. The minimum atomic E-state index is -0.211. The smallest absolute Gasteiger partial charge is 0.244 e. The fourth-order valence-electron chi connectivity index (χ4n) is 2.23. The second-order valence-corrected chi connectivity index (χ2v) is 4.98. The number of hydrogen-bond acceptors (Lipinski definition) is 5. The minimum Gasteiger partial charge on any atom is -0.341 e. The molecule has 0 spiro atoms. The van der Waals surface area contributed by atoms with Crippen LogP contribution in [-0.2, 0) is 4.79 Å². The Morgan fingerprint density at radius 2 is 2.37 bits per heavy atom. The lowest BCUT2D eigenvalue weighted by Crippen LogP contribution is -2.39. The summed E-state index contributed by atoms with van der Waals surface area (Å²) in [6, 6.07) is -0.211. The van der Waals surface area contributed by atoms with Crippen molar-refractivity contribution >= 4 is 34.6 Å². The monoisotopic (exact) mass is 280 g/mol. The van der Waals surface area contributed by atoms with Crippen LogP contribution in [0.2, 0.25) is 5.15 Å². The molecule has 0 bridgehead atoms. The lowest BCUT2D eigenvalue weighted by atomic mass is 10.0. The van der Waals surface area contributed by atoms with Gasteiger partial charge in [-0.3, -0.25) is 10.1 Å². The van der Waals surface area contributed by atoms with Crippen molar-refractivity contribution in [2.45, 2.75) is 19.4 Å². The Morgan fingerprint density at radius 3 is 3.11 bits per heavy atom. The number of aromatic nitrogens is 4. The first-order valence-corrected chi connectivity index (χ1v) is 6.44. The Kier molecular flexibility index (Phi) is 3.08. The molecule has 1 aliphatic heterocycles. The summed E-state index contributed by atoms with van der Waals surface area (Å²) >= 11 is 5.99. The van der Waals surface area contributed by atoms with Crippen molar-refractivity contribution < 1.29 is 4.79 Å². The normalized spacial score (nSPS) is 22.8. The van der Waals surface area contributed by atoms with E-state index in [2.05, 4.69) is 30.6 Å². The third kappa shape index (κ3) is 2.26. The molecule has 3 heterocycles. The second kappa shape index (κ2) is 4.75. The van der Waals surface area contributed by atoms with Gasteiger partial charge in [0.05, 0.1) is 12.4 Å². The number of halogens is 1. The minimum absolute atomic E-state index is 0.143. The van der Waals surface area contributed by atoms with Crippen LogP contribution in [0.3, 0.4) is 0 Å². The molecule has 3 rings (SSSR count). The largest absolute Gasteiger partial charge is 0.341 e. The van der Waals surface area contributed by atoms with E-state index in [1.54, 1.807) is 0 Å². The zero-order valence-corrected chi connectivity index (χ0v) is 11.0. The maximum atomic E-state index is 12.1. The second-order valence-electron chi connectivity index (χ2n) is 4.63. The summed E-state index contributed by atoms with van der Waals surface area (Å²) < 4.78 is 0. The molecule has 0 aromatic carbocycles. The van der Waals surface area contributed by atoms with Gasteiger partial charge in [0.15, 0.2) is 10.8 Å². The van der Waals surface area contributed by atoms with Crippen molar-refractivity contribution in [3.8, 4) is 0 Å². The molecule has 8 heteroatoms. The van der Waals surface area contributed by atoms with Gasteiger partial charge in [-0.25, -0.2) is 4.98 Å². The van der Waals surface area contributed by atoms with Crippen LogP contribution in [-0.4, -0.2) is 38.4 Å². The number of anilines is 1. The first kappa shape index (κ1) is 12.3. The lowest BCUT2D eigenvalue weighted by molar-refractivity contribution is -0.118. The molecule has 3 N–H and O–H groups in total. The van der Waals surface area contributed by atoms with E-state index in [-0.39, 0.29) is 23.1 Å². The van der Waals surface area contributed by atoms with Gasteiger partial charge in [-0.15, -0.1) is 0 Å². The van der Waals surface area contributed by atoms with Gasteiger partial charge in [0, 0.05) is 0 Å². The number of H-pyrrole nitrogens is 1. The Bertz CT molecular complexity index is 627. The standard InChI is InChI=1S/C11H13ClN6O/c1-5-2-3-13-6(5)10(19)18-11-16-8(12)7-9(17-11)15-4-14-7/h4-6,13H,2-3H2,1H3,(H2,14,15,16,17,18,19).